The third-order valence-corrected chi connectivity index (χ3v) is 4.96. The van der Waals surface area contributed by atoms with Gasteiger partial charge in [-0.2, -0.15) is 0 Å². The molecule has 3 heterocycles. The van der Waals surface area contributed by atoms with E-state index in [9.17, 15) is 9.90 Å². The average molecular weight is 349 g/mol. The van der Waals surface area contributed by atoms with Crippen LogP contribution in [-0.2, 0) is 13.6 Å². The zero-order valence-electron chi connectivity index (χ0n) is 13.9. The summed E-state index contributed by atoms with van der Waals surface area (Å²) >= 11 is 6.22. The first-order valence-corrected chi connectivity index (χ1v) is 8.31. The predicted molar refractivity (Wildman–Crippen MR) is 93.8 cm³/mol. The molecule has 1 fully saturated rings. The highest BCUT2D eigenvalue weighted by Crippen LogP contribution is 2.24. The number of carboxylic acid groups (broad SMARTS) is 1. The third kappa shape index (κ3) is 3.25. The van der Waals surface area contributed by atoms with E-state index in [1.165, 1.54) is 0 Å². The van der Waals surface area contributed by atoms with Crippen molar-refractivity contribution in [2.24, 2.45) is 7.05 Å². The number of piperazine rings is 1. The van der Waals surface area contributed by atoms with E-state index in [4.69, 9.17) is 11.6 Å². The second kappa shape index (κ2) is 6.83. The molecule has 0 bridgehead atoms. The van der Waals surface area contributed by atoms with Gasteiger partial charge in [0.25, 0.3) is 0 Å². The van der Waals surface area contributed by atoms with Crippen LogP contribution in [0.2, 0.25) is 5.02 Å². The Morgan fingerprint density at radius 1 is 1.33 bits per heavy atom. The molecule has 0 amide bonds. The molecule has 0 aromatic carbocycles. The summed E-state index contributed by atoms with van der Waals surface area (Å²) in [5.41, 5.74) is 2.41. The molecule has 0 radical (unpaired) electrons. The largest absolute Gasteiger partial charge is 0.477 e. The highest BCUT2D eigenvalue weighted by atomic mass is 35.5. The molecular weight excluding hydrogens is 328 g/mol. The molecule has 0 aliphatic carbocycles. The van der Waals surface area contributed by atoms with Crippen LogP contribution in [0.25, 0.3) is 0 Å². The maximum atomic E-state index is 11.3. The Morgan fingerprint density at radius 3 is 2.62 bits per heavy atom. The van der Waals surface area contributed by atoms with Gasteiger partial charge in [0.2, 0.25) is 0 Å². The molecule has 1 aliphatic rings. The van der Waals surface area contributed by atoms with E-state index in [2.05, 4.69) is 14.8 Å². The maximum absolute atomic E-state index is 11.3. The van der Waals surface area contributed by atoms with Crippen LogP contribution in [0, 0.1) is 6.92 Å². The van der Waals surface area contributed by atoms with E-state index in [0.717, 1.165) is 49.8 Å². The van der Waals surface area contributed by atoms with Gasteiger partial charge < -0.3 is 14.6 Å². The summed E-state index contributed by atoms with van der Waals surface area (Å²) in [6.45, 7) is 6.22. The minimum absolute atomic E-state index is 0.335. The van der Waals surface area contributed by atoms with E-state index < -0.39 is 5.97 Å². The number of hydrogen-bond donors (Lipinski definition) is 1. The van der Waals surface area contributed by atoms with Gasteiger partial charge in [-0.3, -0.25) is 4.90 Å². The van der Waals surface area contributed by atoms with Crippen LogP contribution in [0.5, 0.6) is 0 Å². The van der Waals surface area contributed by atoms with Crippen LogP contribution in [-0.4, -0.2) is 51.7 Å². The molecule has 1 saturated heterocycles. The van der Waals surface area contributed by atoms with Crippen LogP contribution < -0.4 is 4.90 Å². The topological polar surface area (TPSA) is 61.6 Å². The summed E-state index contributed by atoms with van der Waals surface area (Å²) in [5.74, 6) is -0.0515. The summed E-state index contributed by atoms with van der Waals surface area (Å²) in [6.07, 6.45) is 1.76. The van der Waals surface area contributed by atoms with Gasteiger partial charge in [0, 0.05) is 51.7 Å². The van der Waals surface area contributed by atoms with Crippen molar-refractivity contribution in [2.75, 3.05) is 31.1 Å². The first-order valence-electron chi connectivity index (χ1n) is 7.93. The quantitative estimate of drug-likeness (QED) is 0.919. The number of anilines is 1. The van der Waals surface area contributed by atoms with Crippen molar-refractivity contribution in [1.29, 1.82) is 0 Å². The molecule has 1 N–H and O–H groups in total. The van der Waals surface area contributed by atoms with Crippen molar-refractivity contribution in [3.63, 3.8) is 0 Å². The van der Waals surface area contributed by atoms with E-state index in [1.807, 2.05) is 19.1 Å². The zero-order chi connectivity index (χ0) is 17.3. The van der Waals surface area contributed by atoms with Crippen molar-refractivity contribution in [1.82, 2.24) is 14.5 Å². The molecule has 0 atom stereocenters. The van der Waals surface area contributed by atoms with Gasteiger partial charge in [0.1, 0.15) is 11.5 Å². The van der Waals surface area contributed by atoms with E-state index in [-0.39, 0.29) is 0 Å². The molecular formula is C17H21ClN4O2. The molecule has 7 heteroatoms. The van der Waals surface area contributed by atoms with Crippen molar-refractivity contribution >= 4 is 23.4 Å². The van der Waals surface area contributed by atoms with Gasteiger partial charge >= 0.3 is 5.97 Å². The number of halogens is 1. The predicted octanol–water partition coefficient (Wildman–Crippen LogP) is 2.40. The molecule has 6 nitrogen and oxygen atoms in total. The molecule has 2 aromatic heterocycles. The van der Waals surface area contributed by atoms with E-state index in [0.29, 0.717) is 10.7 Å². The highest BCUT2D eigenvalue weighted by molar-refractivity contribution is 6.32. The summed E-state index contributed by atoms with van der Waals surface area (Å²) in [4.78, 5) is 20.1. The van der Waals surface area contributed by atoms with Crippen molar-refractivity contribution < 1.29 is 9.90 Å². The monoisotopic (exact) mass is 348 g/mol. The summed E-state index contributed by atoms with van der Waals surface area (Å²) in [6, 6.07) is 5.47. The van der Waals surface area contributed by atoms with Crippen LogP contribution in [0.3, 0.4) is 0 Å². The fraction of sp³-hybridized carbons (Fsp3) is 0.412. The lowest BCUT2D eigenvalue weighted by atomic mass is 10.2. The maximum Gasteiger partial charge on any atom is 0.352 e. The van der Waals surface area contributed by atoms with Crippen LogP contribution in [0.4, 0.5) is 5.82 Å². The summed E-state index contributed by atoms with van der Waals surface area (Å²) in [7, 11) is 1.79. The summed E-state index contributed by atoms with van der Waals surface area (Å²) < 4.78 is 1.74. The Kier molecular flexibility index (Phi) is 4.78. The Hall–Kier alpha value is -2.05. The number of carboxylic acids is 1. The molecule has 3 rings (SSSR count). The second-order valence-electron chi connectivity index (χ2n) is 6.08. The van der Waals surface area contributed by atoms with Gasteiger partial charge in [-0.1, -0.05) is 11.6 Å². The van der Waals surface area contributed by atoms with Gasteiger partial charge in [0.15, 0.2) is 0 Å². The number of carbonyl (C=O) groups is 1. The Morgan fingerprint density at radius 2 is 2.04 bits per heavy atom. The SMILES string of the molecule is Cc1c(CN2CCN(c3ncccc3Cl)CC2)cc(C(=O)O)n1C. The molecule has 0 unspecified atom stereocenters. The number of pyridine rings is 1. The fourth-order valence-corrected chi connectivity index (χ4v) is 3.34. The molecule has 0 saturated carbocycles. The number of hydrogen-bond acceptors (Lipinski definition) is 4. The molecule has 128 valence electrons. The Labute approximate surface area is 146 Å². The number of aromatic nitrogens is 2. The Bertz CT molecular complexity index is 751. The molecule has 1 aliphatic heterocycles. The highest BCUT2D eigenvalue weighted by Gasteiger charge is 2.22. The van der Waals surface area contributed by atoms with Crippen LogP contribution >= 0.6 is 11.6 Å². The van der Waals surface area contributed by atoms with E-state index >= 15 is 0 Å². The molecule has 0 spiro atoms. The van der Waals surface area contributed by atoms with E-state index in [1.54, 1.807) is 23.9 Å². The fourth-order valence-electron chi connectivity index (χ4n) is 3.10. The van der Waals surface area contributed by atoms with Gasteiger partial charge in [-0.25, -0.2) is 9.78 Å². The van der Waals surface area contributed by atoms with Crippen molar-refractivity contribution in [3.05, 3.63) is 46.4 Å². The first kappa shape index (κ1) is 16.8. The number of nitrogens with zero attached hydrogens (tertiary/aromatic N) is 4. The van der Waals surface area contributed by atoms with Gasteiger partial charge in [-0.05, 0) is 30.7 Å². The molecule has 2 aromatic rings. The van der Waals surface area contributed by atoms with Crippen molar-refractivity contribution in [2.45, 2.75) is 13.5 Å². The third-order valence-electron chi connectivity index (χ3n) is 4.66. The van der Waals surface area contributed by atoms with Crippen molar-refractivity contribution in [3.8, 4) is 0 Å². The lowest BCUT2D eigenvalue weighted by molar-refractivity contribution is 0.0686. The second-order valence-corrected chi connectivity index (χ2v) is 6.48. The normalized spacial score (nSPS) is 15.7. The molecule has 24 heavy (non-hydrogen) atoms. The average Bonchev–Trinajstić information content (AvgIpc) is 2.85. The summed E-state index contributed by atoms with van der Waals surface area (Å²) in [5, 5.41) is 9.91. The van der Waals surface area contributed by atoms with Crippen LogP contribution in [0.15, 0.2) is 24.4 Å². The minimum Gasteiger partial charge on any atom is -0.477 e. The lowest BCUT2D eigenvalue weighted by Crippen LogP contribution is -2.46. The van der Waals surface area contributed by atoms with Gasteiger partial charge in [0.05, 0.1) is 5.02 Å². The number of aromatic carboxylic acids is 1. The smallest absolute Gasteiger partial charge is 0.352 e. The lowest BCUT2D eigenvalue weighted by Gasteiger charge is -2.35. The van der Waals surface area contributed by atoms with Gasteiger partial charge in [-0.15, -0.1) is 0 Å². The zero-order valence-corrected chi connectivity index (χ0v) is 14.6. The first-order chi connectivity index (χ1) is 11.5. The number of rotatable bonds is 4. The van der Waals surface area contributed by atoms with Crippen LogP contribution in [0.1, 0.15) is 21.7 Å². The Balaban J connectivity index is 1.65. The standard InChI is InChI=1S/C17H21ClN4O2/c1-12-13(10-15(17(23)24)20(12)2)11-21-6-8-22(9-7-21)16-14(18)4-3-5-19-16/h3-5,10H,6-9,11H2,1-2H3,(H,23,24). The minimum atomic E-state index is -0.888.